The lowest BCUT2D eigenvalue weighted by molar-refractivity contribution is 0.0696. The van der Waals surface area contributed by atoms with Crippen molar-refractivity contribution in [3.63, 3.8) is 0 Å². The van der Waals surface area contributed by atoms with Crippen LogP contribution in [0, 0.1) is 6.92 Å². The third-order valence-electron chi connectivity index (χ3n) is 2.56. The van der Waals surface area contributed by atoms with Crippen molar-refractivity contribution in [1.82, 2.24) is 4.98 Å². The van der Waals surface area contributed by atoms with E-state index in [0.29, 0.717) is 6.42 Å². The SMILES string of the molecule is Cc1ccc2sc(CC(C)(O)CN)nc2c1. The van der Waals surface area contributed by atoms with Crippen molar-refractivity contribution in [2.24, 2.45) is 5.73 Å². The number of aliphatic hydroxyl groups is 1. The topological polar surface area (TPSA) is 59.1 Å². The van der Waals surface area contributed by atoms with E-state index in [2.05, 4.69) is 30.1 Å². The first-order valence-electron chi connectivity index (χ1n) is 5.29. The number of nitrogens with two attached hydrogens (primary N) is 1. The van der Waals surface area contributed by atoms with Crippen molar-refractivity contribution in [3.05, 3.63) is 28.8 Å². The smallest absolute Gasteiger partial charge is 0.0967 e. The van der Waals surface area contributed by atoms with Crippen molar-refractivity contribution >= 4 is 21.6 Å². The van der Waals surface area contributed by atoms with Crippen LogP contribution in [0.2, 0.25) is 0 Å². The van der Waals surface area contributed by atoms with Gasteiger partial charge in [-0.3, -0.25) is 0 Å². The summed E-state index contributed by atoms with van der Waals surface area (Å²) in [5.41, 5.74) is 6.85. The molecule has 0 aliphatic heterocycles. The Morgan fingerprint density at radius 3 is 2.94 bits per heavy atom. The van der Waals surface area contributed by atoms with Crippen LogP contribution in [0.4, 0.5) is 0 Å². The van der Waals surface area contributed by atoms with Gasteiger partial charge in [-0.15, -0.1) is 11.3 Å². The number of aromatic nitrogens is 1. The van der Waals surface area contributed by atoms with Gasteiger partial charge in [-0.2, -0.15) is 0 Å². The van der Waals surface area contributed by atoms with Gasteiger partial charge in [-0.1, -0.05) is 6.07 Å². The molecule has 0 saturated heterocycles. The fourth-order valence-electron chi connectivity index (χ4n) is 1.56. The Morgan fingerprint density at radius 1 is 1.50 bits per heavy atom. The lowest BCUT2D eigenvalue weighted by Gasteiger charge is -2.18. The van der Waals surface area contributed by atoms with Crippen LogP contribution in [0.1, 0.15) is 17.5 Å². The highest BCUT2D eigenvalue weighted by Crippen LogP contribution is 2.25. The summed E-state index contributed by atoms with van der Waals surface area (Å²) in [6.45, 7) is 4.04. The predicted molar refractivity (Wildman–Crippen MR) is 67.7 cm³/mol. The number of nitrogens with zero attached hydrogens (tertiary/aromatic N) is 1. The van der Waals surface area contributed by atoms with E-state index in [-0.39, 0.29) is 6.54 Å². The minimum atomic E-state index is -0.858. The number of hydrogen-bond acceptors (Lipinski definition) is 4. The van der Waals surface area contributed by atoms with Crippen molar-refractivity contribution in [2.75, 3.05) is 6.54 Å². The van der Waals surface area contributed by atoms with Crippen LogP contribution in [-0.2, 0) is 6.42 Å². The first kappa shape index (κ1) is 11.5. The fraction of sp³-hybridized carbons (Fsp3) is 0.417. The summed E-state index contributed by atoms with van der Waals surface area (Å²) in [4.78, 5) is 4.51. The molecule has 2 rings (SSSR count). The van der Waals surface area contributed by atoms with E-state index in [4.69, 9.17) is 5.73 Å². The summed E-state index contributed by atoms with van der Waals surface area (Å²) in [5.74, 6) is 0. The third kappa shape index (κ3) is 2.40. The van der Waals surface area contributed by atoms with E-state index in [0.717, 1.165) is 15.2 Å². The molecule has 16 heavy (non-hydrogen) atoms. The maximum Gasteiger partial charge on any atom is 0.0967 e. The molecule has 1 aromatic carbocycles. The number of hydrogen-bond donors (Lipinski definition) is 2. The summed E-state index contributed by atoms with van der Waals surface area (Å²) < 4.78 is 1.16. The Bertz CT molecular complexity index is 505. The van der Waals surface area contributed by atoms with Crippen molar-refractivity contribution in [3.8, 4) is 0 Å². The molecule has 0 bridgehead atoms. The molecule has 0 aliphatic carbocycles. The Morgan fingerprint density at radius 2 is 2.25 bits per heavy atom. The maximum atomic E-state index is 9.90. The predicted octanol–water partition coefficient (Wildman–Crippen LogP) is 1.86. The zero-order chi connectivity index (χ0) is 11.8. The number of benzene rings is 1. The Kier molecular flexibility index (Phi) is 2.97. The number of fused-ring (bicyclic) bond motifs is 1. The van der Waals surface area contributed by atoms with Crippen LogP contribution in [0.3, 0.4) is 0 Å². The van der Waals surface area contributed by atoms with Gasteiger partial charge in [0.15, 0.2) is 0 Å². The minimum absolute atomic E-state index is 0.252. The standard InChI is InChI=1S/C12H16N2OS/c1-8-3-4-10-9(5-8)14-11(16-10)6-12(2,15)7-13/h3-5,15H,6-7,13H2,1-2H3. The van der Waals surface area contributed by atoms with Crippen LogP contribution in [0.5, 0.6) is 0 Å². The van der Waals surface area contributed by atoms with Gasteiger partial charge >= 0.3 is 0 Å². The molecule has 0 fully saturated rings. The summed E-state index contributed by atoms with van der Waals surface area (Å²) >= 11 is 1.62. The molecule has 0 amide bonds. The molecule has 0 spiro atoms. The maximum absolute atomic E-state index is 9.90. The molecule has 1 unspecified atom stereocenters. The van der Waals surface area contributed by atoms with Gasteiger partial charge in [0.05, 0.1) is 20.8 Å². The summed E-state index contributed by atoms with van der Waals surface area (Å²) in [7, 11) is 0. The molecule has 1 heterocycles. The van der Waals surface area contributed by atoms with Gasteiger partial charge in [0.25, 0.3) is 0 Å². The normalized spacial score (nSPS) is 15.2. The summed E-state index contributed by atoms with van der Waals surface area (Å²) in [5, 5.41) is 10.8. The highest BCUT2D eigenvalue weighted by Gasteiger charge is 2.20. The Balaban J connectivity index is 2.33. The van der Waals surface area contributed by atoms with E-state index in [1.54, 1.807) is 18.3 Å². The number of aryl methyl sites for hydroxylation is 1. The monoisotopic (exact) mass is 236 g/mol. The zero-order valence-electron chi connectivity index (χ0n) is 9.53. The van der Waals surface area contributed by atoms with Gasteiger partial charge in [0.2, 0.25) is 0 Å². The summed E-state index contributed by atoms with van der Waals surface area (Å²) in [6.07, 6.45) is 0.516. The molecular weight excluding hydrogens is 220 g/mol. The lowest BCUT2D eigenvalue weighted by atomic mass is 10.0. The fourth-order valence-corrected chi connectivity index (χ4v) is 2.68. The van der Waals surface area contributed by atoms with Gasteiger partial charge < -0.3 is 10.8 Å². The van der Waals surface area contributed by atoms with Crippen LogP contribution in [-0.4, -0.2) is 22.2 Å². The Labute approximate surface area is 98.9 Å². The average Bonchev–Trinajstić information content (AvgIpc) is 2.58. The van der Waals surface area contributed by atoms with Crippen molar-refractivity contribution < 1.29 is 5.11 Å². The quantitative estimate of drug-likeness (QED) is 0.855. The van der Waals surface area contributed by atoms with E-state index in [1.807, 2.05) is 0 Å². The van der Waals surface area contributed by atoms with Crippen LogP contribution in [0.15, 0.2) is 18.2 Å². The molecule has 1 atom stereocenters. The van der Waals surface area contributed by atoms with E-state index < -0.39 is 5.60 Å². The molecule has 4 heteroatoms. The van der Waals surface area contributed by atoms with Gasteiger partial charge in [-0.25, -0.2) is 4.98 Å². The van der Waals surface area contributed by atoms with E-state index in [9.17, 15) is 5.11 Å². The van der Waals surface area contributed by atoms with Gasteiger partial charge in [0, 0.05) is 13.0 Å². The van der Waals surface area contributed by atoms with Crippen molar-refractivity contribution in [1.29, 1.82) is 0 Å². The molecule has 86 valence electrons. The molecule has 0 radical (unpaired) electrons. The van der Waals surface area contributed by atoms with Gasteiger partial charge in [-0.05, 0) is 31.5 Å². The van der Waals surface area contributed by atoms with Crippen LogP contribution < -0.4 is 5.73 Å². The molecule has 1 aromatic heterocycles. The average molecular weight is 236 g/mol. The second-order valence-corrected chi connectivity index (χ2v) is 5.57. The third-order valence-corrected chi connectivity index (χ3v) is 3.60. The van der Waals surface area contributed by atoms with Gasteiger partial charge in [0.1, 0.15) is 0 Å². The minimum Gasteiger partial charge on any atom is -0.388 e. The first-order valence-corrected chi connectivity index (χ1v) is 6.10. The molecular formula is C12H16N2OS. The Hall–Kier alpha value is -0.970. The number of rotatable bonds is 3. The van der Waals surface area contributed by atoms with E-state index in [1.165, 1.54) is 5.56 Å². The molecule has 3 nitrogen and oxygen atoms in total. The highest BCUT2D eigenvalue weighted by molar-refractivity contribution is 7.18. The van der Waals surface area contributed by atoms with Crippen LogP contribution >= 0.6 is 11.3 Å². The van der Waals surface area contributed by atoms with E-state index >= 15 is 0 Å². The zero-order valence-corrected chi connectivity index (χ0v) is 10.3. The lowest BCUT2D eigenvalue weighted by Crippen LogP contribution is -2.36. The van der Waals surface area contributed by atoms with Crippen LogP contribution in [0.25, 0.3) is 10.2 Å². The molecule has 3 N–H and O–H groups in total. The molecule has 0 saturated carbocycles. The molecule has 2 aromatic rings. The highest BCUT2D eigenvalue weighted by atomic mass is 32.1. The second-order valence-electron chi connectivity index (χ2n) is 4.46. The summed E-state index contributed by atoms with van der Waals surface area (Å²) in [6, 6.07) is 6.21. The van der Waals surface area contributed by atoms with Crippen molar-refractivity contribution in [2.45, 2.75) is 25.9 Å². The first-order chi connectivity index (χ1) is 7.50. The molecule has 0 aliphatic rings. The number of thiazole rings is 1. The largest absolute Gasteiger partial charge is 0.388 e. The second kappa shape index (κ2) is 4.13.